The maximum absolute atomic E-state index is 12.6. The zero-order valence-electron chi connectivity index (χ0n) is 12.1. The van der Waals surface area contributed by atoms with Gasteiger partial charge in [-0.15, -0.1) is 0 Å². The normalized spacial score (nSPS) is 18.3. The van der Waals surface area contributed by atoms with E-state index in [0.717, 1.165) is 17.8 Å². The molecule has 3 heterocycles. The van der Waals surface area contributed by atoms with Gasteiger partial charge >= 0.3 is 0 Å². The monoisotopic (exact) mass is 305 g/mol. The summed E-state index contributed by atoms with van der Waals surface area (Å²) in [7, 11) is 0. The first-order valence-corrected chi connectivity index (χ1v) is 8.12. The highest BCUT2D eigenvalue weighted by Crippen LogP contribution is 2.19. The summed E-state index contributed by atoms with van der Waals surface area (Å²) in [6.45, 7) is 5.46. The Morgan fingerprint density at radius 2 is 2.38 bits per heavy atom. The van der Waals surface area contributed by atoms with Gasteiger partial charge in [-0.2, -0.15) is 16.4 Å². The SMILES string of the molecule is CCOCC1CN(C(=O)c2ccsc2)Cc2ccnn2C1. The number of ether oxygens (including phenoxy) is 1. The number of hydrogen-bond donors (Lipinski definition) is 0. The molecule has 1 unspecified atom stereocenters. The first kappa shape index (κ1) is 14.3. The van der Waals surface area contributed by atoms with Crippen LogP contribution in [-0.2, 0) is 17.8 Å². The third-order valence-corrected chi connectivity index (χ3v) is 4.36. The smallest absolute Gasteiger partial charge is 0.255 e. The summed E-state index contributed by atoms with van der Waals surface area (Å²) in [6, 6.07) is 3.86. The van der Waals surface area contributed by atoms with Crippen molar-refractivity contribution in [3.05, 3.63) is 40.3 Å². The molecule has 0 saturated carbocycles. The molecule has 1 atom stereocenters. The van der Waals surface area contributed by atoms with Gasteiger partial charge in [0.25, 0.3) is 5.91 Å². The first-order chi connectivity index (χ1) is 10.3. The van der Waals surface area contributed by atoms with E-state index in [1.807, 2.05) is 39.4 Å². The topological polar surface area (TPSA) is 47.4 Å². The van der Waals surface area contributed by atoms with Gasteiger partial charge < -0.3 is 9.64 Å². The second-order valence-electron chi connectivity index (χ2n) is 5.23. The van der Waals surface area contributed by atoms with Gasteiger partial charge in [-0.25, -0.2) is 0 Å². The summed E-state index contributed by atoms with van der Waals surface area (Å²) in [4.78, 5) is 14.5. The minimum atomic E-state index is 0.0902. The predicted molar refractivity (Wildman–Crippen MR) is 81.3 cm³/mol. The van der Waals surface area contributed by atoms with E-state index in [1.165, 1.54) is 0 Å². The van der Waals surface area contributed by atoms with Gasteiger partial charge in [-0.05, 0) is 24.4 Å². The van der Waals surface area contributed by atoms with Gasteiger partial charge in [0.15, 0.2) is 0 Å². The maximum atomic E-state index is 12.6. The third kappa shape index (κ3) is 3.16. The van der Waals surface area contributed by atoms with Crippen LogP contribution < -0.4 is 0 Å². The number of carbonyl (C=O) groups is 1. The van der Waals surface area contributed by atoms with E-state index in [-0.39, 0.29) is 11.8 Å². The fourth-order valence-electron chi connectivity index (χ4n) is 2.65. The Labute approximate surface area is 128 Å². The van der Waals surface area contributed by atoms with Crippen molar-refractivity contribution in [3.63, 3.8) is 0 Å². The lowest BCUT2D eigenvalue weighted by atomic mass is 10.1. The van der Waals surface area contributed by atoms with Crippen LogP contribution in [0.2, 0.25) is 0 Å². The van der Waals surface area contributed by atoms with Crippen molar-refractivity contribution in [1.82, 2.24) is 14.7 Å². The lowest BCUT2D eigenvalue weighted by Crippen LogP contribution is -2.35. The molecule has 0 saturated heterocycles. The molecule has 6 heteroatoms. The summed E-state index contributed by atoms with van der Waals surface area (Å²) in [5.74, 6) is 0.362. The van der Waals surface area contributed by atoms with Crippen molar-refractivity contribution < 1.29 is 9.53 Å². The van der Waals surface area contributed by atoms with Crippen molar-refractivity contribution in [1.29, 1.82) is 0 Å². The van der Waals surface area contributed by atoms with E-state index in [9.17, 15) is 4.79 Å². The lowest BCUT2D eigenvalue weighted by molar-refractivity contribution is 0.0617. The standard InChI is InChI=1S/C15H19N3O2S/c1-2-20-10-12-7-17(15(19)13-4-6-21-11-13)9-14-3-5-16-18(14)8-12/h3-6,11-12H,2,7-10H2,1H3. The minimum absolute atomic E-state index is 0.0902. The van der Waals surface area contributed by atoms with Crippen LogP contribution in [0.3, 0.4) is 0 Å². The molecular formula is C15H19N3O2S. The van der Waals surface area contributed by atoms with Gasteiger partial charge in [-0.3, -0.25) is 9.48 Å². The fourth-order valence-corrected chi connectivity index (χ4v) is 3.28. The number of carbonyl (C=O) groups excluding carboxylic acids is 1. The quantitative estimate of drug-likeness (QED) is 0.870. The van der Waals surface area contributed by atoms with Crippen LogP contribution in [0.1, 0.15) is 23.0 Å². The van der Waals surface area contributed by atoms with Gasteiger partial charge in [0.1, 0.15) is 0 Å². The van der Waals surface area contributed by atoms with E-state index in [1.54, 1.807) is 17.5 Å². The Bertz CT molecular complexity index is 594. The molecule has 0 N–H and O–H groups in total. The van der Waals surface area contributed by atoms with E-state index < -0.39 is 0 Å². The van der Waals surface area contributed by atoms with Crippen molar-refractivity contribution in [2.75, 3.05) is 19.8 Å². The summed E-state index contributed by atoms with van der Waals surface area (Å²) >= 11 is 1.55. The van der Waals surface area contributed by atoms with Crippen LogP contribution >= 0.6 is 11.3 Å². The van der Waals surface area contributed by atoms with Gasteiger partial charge in [0, 0.05) is 37.2 Å². The van der Waals surface area contributed by atoms with Crippen molar-refractivity contribution in [2.24, 2.45) is 5.92 Å². The molecule has 0 fully saturated rings. The predicted octanol–water partition coefficient (Wildman–Crippen LogP) is 2.25. The van der Waals surface area contributed by atoms with Crippen molar-refractivity contribution in [3.8, 4) is 0 Å². The maximum Gasteiger partial charge on any atom is 0.255 e. The molecule has 0 aromatic carbocycles. The molecule has 1 amide bonds. The summed E-state index contributed by atoms with van der Waals surface area (Å²) in [6.07, 6.45) is 1.80. The molecule has 3 rings (SSSR count). The number of nitrogens with zero attached hydrogens (tertiary/aromatic N) is 3. The molecule has 1 aliphatic rings. The van der Waals surface area contributed by atoms with Crippen LogP contribution in [0.4, 0.5) is 0 Å². The molecule has 2 aromatic heterocycles. The van der Waals surface area contributed by atoms with E-state index >= 15 is 0 Å². The number of hydrogen-bond acceptors (Lipinski definition) is 4. The van der Waals surface area contributed by atoms with Crippen LogP contribution in [0.15, 0.2) is 29.1 Å². The fraction of sp³-hybridized carbons (Fsp3) is 0.467. The number of fused-ring (bicyclic) bond motifs is 1. The number of thiophene rings is 1. The van der Waals surface area contributed by atoms with Gasteiger partial charge in [0.2, 0.25) is 0 Å². The average molecular weight is 305 g/mol. The molecule has 21 heavy (non-hydrogen) atoms. The van der Waals surface area contributed by atoms with Crippen LogP contribution in [0.5, 0.6) is 0 Å². The van der Waals surface area contributed by atoms with Crippen LogP contribution in [-0.4, -0.2) is 40.3 Å². The highest BCUT2D eigenvalue weighted by molar-refractivity contribution is 7.08. The third-order valence-electron chi connectivity index (χ3n) is 3.68. The Morgan fingerprint density at radius 3 is 3.14 bits per heavy atom. The van der Waals surface area contributed by atoms with Gasteiger partial charge in [0.05, 0.1) is 24.4 Å². The Morgan fingerprint density at radius 1 is 1.48 bits per heavy atom. The number of aromatic nitrogens is 2. The summed E-state index contributed by atoms with van der Waals surface area (Å²) < 4.78 is 7.55. The zero-order chi connectivity index (χ0) is 14.7. The van der Waals surface area contributed by atoms with Crippen LogP contribution in [0, 0.1) is 5.92 Å². The molecule has 1 aliphatic heterocycles. The molecule has 0 bridgehead atoms. The van der Waals surface area contributed by atoms with Crippen molar-refractivity contribution in [2.45, 2.75) is 20.0 Å². The Hall–Kier alpha value is -1.66. The number of amides is 1. The average Bonchev–Trinajstić information content (AvgIpc) is 3.13. The van der Waals surface area contributed by atoms with E-state index in [0.29, 0.717) is 26.3 Å². The second-order valence-corrected chi connectivity index (χ2v) is 6.01. The molecular weight excluding hydrogens is 286 g/mol. The molecule has 0 spiro atoms. The lowest BCUT2D eigenvalue weighted by Gasteiger charge is -2.23. The van der Waals surface area contributed by atoms with E-state index in [4.69, 9.17) is 4.74 Å². The van der Waals surface area contributed by atoms with E-state index in [2.05, 4.69) is 5.10 Å². The molecule has 5 nitrogen and oxygen atoms in total. The molecule has 0 aliphatic carbocycles. The first-order valence-electron chi connectivity index (χ1n) is 7.18. The highest BCUT2D eigenvalue weighted by atomic mass is 32.1. The summed E-state index contributed by atoms with van der Waals surface area (Å²) in [5.41, 5.74) is 1.85. The zero-order valence-corrected chi connectivity index (χ0v) is 12.9. The largest absolute Gasteiger partial charge is 0.381 e. The Balaban J connectivity index is 1.81. The minimum Gasteiger partial charge on any atom is -0.381 e. The van der Waals surface area contributed by atoms with Crippen LogP contribution in [0.25, 0.3) is 0 Å². The molecule has 112 valence electrons. The number of rotatable bonds is 4. The Kier molecular flexibility index (Phi) is 4.36. The second kappa shape index (κ2) is 6.41. The molecule has 0 radical (unpaired) electrons. The highest BCUT2D eigenvalue weighted by Gasteiger charge is 2.26. The van der Waals surface area contributed by atoms with Gasteiger partial charge in [-0.1, -0.05) is 0 Å². The van der Waals surface area contributed by atoms with Crippen molar-refractivity contribution >= 4 is 17.2 Å². The molecule has 2 aromatic rings. The summed E-state index contributed by atoms with van der Waals surface area (Å²) in [5, 5.41) is 8.20.